The van der Waals surface area contributed by atoms with Crippen LogP contribution in [-0.4, -0.2) is 56.5 Å². The summed E-state index contributed by atoms with van der Waals surface area (Å²) < 4.78 is 1.78. The fraction of sp³-hybridized carbons (Fsp3) is 0.222. The number of rotatable bonds is 3. The quantitative estimate of drug-likeness (QED) is 0.709. The molecule has 3 aromatic heterocycles. The summed E-state index contributed by atoms with van der Waals surface area (Å²) in [5, 5.41) is 0.627. The number of piperazine rings is 1. The van der Waals surface area contributed by atoms with Gasteiger partial charge in [-0.2, -0.15) is 0 Å². The fourth-order valence-corrected chi connectivity index (χ4v) is 3.26. The van der Waals surface area contributed by atoms with E-state index in [0.717, 1.165) is 18.8 Å². The largest absolute Gasteiger partial charge is 0.367 e. The van der Waals surface area contributed by atoms with E-state index in [0.29, 0.717) is 29.6 Å². The first kappa shape index (κ1) is 16.5. The van der Waals surface area contributed by atoms with Gasteiger partial charge in [0.1, 0.15) is 17.8 Å². The van der Waals surface area contributed by atoms with Crippen LogP contribution in [-0.2, 0) is 0 Å². The molecule has 1 saturated heterocycles. The molecule has 0 bridgehead atoms. The minimum absolute atomic E-state index is 0.0626. The lowest BCUT2D eigenvalue weighted by atomic mass is 10.2. The molecule has 0 aliphatic carbocycles. The lowest BCUT2D eigenvalue weighted by molar-refractivity contribution is 0.0741. The fourth-order valence-electron chi connectivity index (χ4n) is 3.02. The van der Waals surface area contributed by atoms with Crippen molar-refractivity contribution in [2.45, 2.75) is 0 Å². The number of imidazole rings is 1. The SMILES string of the molecule is O=C(c1cccc(-n2ccnc2)n1)N1CCN(c2ccncc2Cl)CC1. The van der Waals surface area contributed by atoms with Crippen LogP contribution in [0.15, 0.2) is 55.4 Å². The van der Waals surface area contributed by atoms with E-state index >= 15 is 0 Å². The molecule has 0 spiro atoms. The van der Waals surface area contributed by atoms with Gasteiger partial charge in [0, 0.05) is 51.0 Å². The summed E-state index contributed by atoms with van der Waals surface area (Å²) in [6.07, 6.45) is 8.51. The molecule has 3 aromatic rings. The van der Waals surface area contributed by atoms with E-state index in [1.165, 1.54) is 0 Å². The monoisotopic (exact) mass is 368 g/mol. The number of hydrogen-bond acceptors (Lipinski definition) is 5. The maximum Gasteiger partial charge on any atom is 0.272 e. The van der Waals surface area contributed by atoms with Crippen molar-refractivity contribution in [1.29, 1.82) is 0 Å². The molecule has 0 atom stereocenters. The predicted octanol–water partition coefficient (Wildman–Crippen LogP) is 2.28. The van der Waals surface area contributed by atoms with E-state index < -0.39 is 0 Å². The lowest BCUT2D eigenvalue weighted by Gasteiger charge is -2.36. The number of hydrogen-bond donors (Lipinski definition) is 0. The Morgan fingerprint density at radius 3 is 2.62 bits per heavy atom. The van der Waals surface area contributed by atoms with Crippen LogP contribution in [0.5, 0.6) is 0 Å². The molecule has 0 radical (unpaired) electrons. The summed E-state index contributed by atoms with van der Waals surface area (Å²) in [7, 11) is 0. The van der Waals surface area contributed by atoms with Crippen LogP contribution in [0, 0.1) is 0 Å². The van der Waals surface area contributed by atoms with Crippen molar-refractivity contribution in [2.75, 3.05) is 31.1 Å². The maximum absolute atomic E-state index is 12.8. The molecule has 0 unspecified atom stereocenters. The number of carbonyl (C=O) groups excluding carboxylic acids is 1. The number of halogens is 1. The Hall–Kier alpha value is -2.93. The zero-order valence-electron chi connectivity index (χ0n) is 14.0. The molecule has 8 heteroatoms. The minimum atomic E-state index is -0.0626. The van der Waals surface area contributed by atoms with Crippen LogP contribution in [0.2, 0.25) is 5.02 Å². The van der Waals surface area contributed by atoms with Gasteiger partial charge in [-0.3, -0.25) is 14.3 Å². The molecule has 1 aliphatic rings. The first-order valence-electron chi connectivity index (χ1n) is 8.31. The summed E-state index contributed by atoms with van der Waals surface area (Å²) in [4.78, 5) is 29.3. The van der Waals surface area contributed by atoms with Gasteiger partial charge in [0.25, 0.3) is 5.91 Å². The Labute approximate surface area is 155 Å². The minimum Gasteiger partial charge on any atom is -0.367 e. The third kappa shape index (κ3) is 3.25. The number of carbonyl (C=O) groups is 1. The van der Waals surface area contributed by atoms with Gasteiger partial charge < -0.3 is 9.80 Å². The molecular formula is C18H17ClN6O. The van der Waals surface area contributed by atoms with E-state index in [-0.39, 0.29) is 5.91 Å². The van der Waals surface area contributed by atoms with Gasteiger partial charge in [-0.1, -0.05) is 17.7 Å². The van der Waals surface area contributed by atoms with Crippen LogP contribution in [0.3, 0.4) is 0 Å². The van der Waals surface area contributed by atoms with E-state index in [4.69, 9.17) is 11.6 Å². The van der Waals surface area contributed by atoms with Crippen LogP contribution in [0.4, 0.5) is 5.69 Å². The average Bonchev–Trinajstić information content (AvgIpc) is 3.23. The summed E-state index contributed by atoms with van der Waals surface area (Å²) >= 11 is 6.22. The van der Waals surface area contributed by atoms with Gasteiger partial charge in [-0.15, -0.1) is 0 Å². The van der Waals surface area contributed by atoms with Crippen molar-refractivity contribution >= 4 is 23.2 Å². The summed E-state index contributed by atoms with van der Waals surface area (Å²) in [6.45, 7) is 2.68. The van der Waals surface area contributed by atoms with Gasteiger partial charge in [0.15, 0.2) is 0 Å². The van der Waals surface area contributed by atoms with Crippen molar-refractivity contribution < 1.29 is 4.79 Å². The van der Waals surface area contributed by atoms with Crippen molar-refractivity contribution in [1.82, 2.24) is 24.4 Å². The first-order chi connectivity index (χ1) is 12.7. The molecule has 0 N–H and O–H groups in total. The Balaban J connectivity index is 1.46. The molecule has 1 fully saturated rings. The first-order valence-corrected chi connectivity index (χ1v) is 8.69. The third-order valence-corrected chi connectivity index (χ3v) is 4.67. The second-order valence-electron chi connectivity index (χ2n) is 5.96. The van der Waals surface area contributed by atoms with Gasteiger partial charge >= 0.3 is 0 Å². The highest BCUT2D eigenvalue weighted by molar-refractivity contribution is 6.33. The second kappa shape index (κ2) is 7.13. The Morgan fingerprint density at radius 1 is 1.04 bits per heavy atom. The molecule has 1 amide bonds. The van der Waals surface area contributed by atoms with E-state index in [1.807, 2.05) is 23.1 Å². The molecule has 0 saturated carbocycles. The standard InChI is InChI=1S/C18H17ClN6O/c19-14-12-20-5-4-16(14)23-8-10-24(11-9-23)18(26)15-2-1-3-17(22-15)25-7-6-21-13-25/h1-7,12-13H,8-11H2. The van der Waals surface area contributed by atoms with E-state index in [2.05, 4.69) is 19.9 Å². The Bertz CT molecular complexity index is 906. The number of anilines is 1. The second-order valence-corrected chi connectivity index (χ2v) is 6.36. The van der Waals surface area contributed by atoms with E-state index in [1.54, 1.807) is 41.7 Å². The number of nitrogens with zero attached hydrogens (tertiary/aromatic N) is 6. The van der Waals surface area contributed by atoms with Crippen LogP contribution < -0.4 is 4.90 Å². The topological polar surface area (TPSA) is 67.2 Å². The van der Waals surface area contributed by atoms with Crippen LogP contribution >= 0.6 is 11.6 Å². The van der Waals surface area contributed by atoms with Gasteiger partial charge in [-0.05, 0) is 18.2 Å². The summed E-state index contributed by atoms with van der Waals surface area (Å²) in [6, 6.07) is 7.33. The highest BCUT2D eigenvalue weighted by atomic mass is 35.5. The molecule has 1 aliphatic heterocycles. The highest BCUT2D eigenvalue weighted by Gasteiger charge is 2.24. The van der Waals surface area contributed by atoms with Crippen LogP contribution in [0.1, 0.15) is 10.5 Å². The normalized spacial score (nSPS) is 14.5. The number of amides is 1. The Kier molecular flexibility index (Phi) is 4.53. The lowest BCUT2D eigenvalue weighted by Crippen LogP contribution is -2.49. The molecule has 0 aromatic carbocycles. The van der Waals surface area contributed by atoms with Gasteiger partial charge in [0.05, 0.1) is 10.7 Å². The third-order valence-electron chi connectivity index (χ3n) is 4.38. The van der Waals surface area contributed by atoms with Crippen molar-refractivity contribution in [3.8, 4) is 5.82 Å². The molecule has 4 rings (SSSR count). The Morgan fingerprint density at radius 2 is 1.88 bits per heavy atom. The molecule has 132 valence electrons. The number of aromatic nitrogens is 4. The van der Waals surface area contributed by atoms with Crippen LogP contribution in [0.25, 0.3) is 5.82 Å². The maximum atomic E-state index is 12.8. The summed E-state index contributed by atoms with van der Waals surface area (Å²) in [5.41, 5.74) is 1.39. The van der Waals surface area contributed by atoms with Crippen molar-refractivity contribution in [3.63, 3.8) is 0 Å². The van der Waals surface area contributed by atoms with Gasteiger partial charge in [-0.25, -0.2) is 9.97 Å². The van der Waals surface area contributed by atoms with Crippen molar-refractivity contribution in [3.05, 3.63) is 66.1 Å². The molecular weight excluding hydrogens is 352 g/mol. The summed E-state index contributed by atoms with van der Waals surface area (Å²) in [5.74, 6) is 0.614. The zero-order valence-corrected chi connectivity index (χ0v) is 14.8. The molecule has 7 nitrogen and oxygen atoms in total. The van der Waals surface area contributed by atoms with E-state index in [9.17, 15) is 4.79 Å². The zero-order chi connectivity index (χ0) is 17.9. The average molecular weight is 369 g/mol. The van der Waals surface area contributed by atoms with Gasteiger partial charge in [0.2, 0.25) is 0 Å². The molecule has 4 heterocycles. The number of pyridine rings is 2. The predicted molar refractivity (Wildman–Crippen MR) is 98.7 cm³/mol. The smallest absolute Gasteiger partial charge is 0.272 e. The highest BCUT2D eigenvalue weighted by Crippen LogP contribution is 2.25. The molecule has 26 heavy (non-hydrogen) atoms. The van der Waals surface area contributed by atoms with Crippen molar-refractivity contribution in [2.24, 2.45) is 0 Å².